The molecule has 2 aromatic rings. The molecule has 84 valence electrons. The van der Waals surface area contributed by atoms with E-state index in [4.69, 9.17) is 0 Å². The quantitative estimate of drug-likeness (QED) is 0.835. The van der Waals surface area contributed by atoms with Gasteiger partial charge in [-0.05, 0) is 38.4 Å². The highest BCUT2D eigenvalue weighted by molar-refractivity contribution is 5.74. The van der Waals surface area contributed by atoms with E-state index in [1.165, 1.54) is 19.4 Å². The van der Waals surface area contributed by atoms with Gasteiger partial charge in [-0.25, -0.2) is 4.98 Å². The molecule has 0 radical (unpaired) electrons. The van der Waals surface area contributed by atoms with E-state index >= 15 is 0 Å². The largest absolute Gasteiger partial charge is 0.341 e. The van der Waals surface area contributed by atoms with Crippen molar-refractivity contribution >= 4 is 11.0 Å². The van der Waals surface area contributed by atoms with Crippen LogP contribution in [0.1, 0.15) is 25.6 Å². The molecule has 3 rings (SSSR count). The molecule has 1 aromatic heterocycles. The molecule has 16 heavy (non-hydrogen) atoms. The van der Waals surface area contributed by atoms with Crippen molar-refractivity contribution in [2.45, 2.75) is 32.4 Å². The minimum absolute atomic E-state index is 0.702. The summed E-state index contributed by atoms with van der Waals surface area (Å²) in [5.74, 6) is 1.09. The Morgan fingerprint density at radius 2 is 2.31 bits per heavy atom. The van der Waals surface area contributed by atoms with Crippen LogP contribution >= 0.6 is 0 Å². The van der Waals surface area contributed by atoms with E-state index in [1.807, 2.05) is 12.1 Å². The van der Waals surface area contributed by atoms with Crippen LogP contribution in [0, 0.1) is 0 Å². The number of hydrogen-bond acceptors (Lipinski definition) is 2. The lowest BCUT2D eigenvalue weighted by atomic mass is 10.2. The van der Waals surface area contributed by atoms with Gasteiger partial charge in [0.15, 0.2) is 0 Å². The summed E-state index contributed by atoms with van der Waals surface area (Å²) in [5.41, 5.74) is 2.22. The number of rotatable bonds is 2. The van der Waals surface area contributed by atoms with Crippen LogP contribution < -0.4 is 0 Å². The number of hydrogen-bond donors (Lipinski definition) is 1. The summed E-state index contributed by atoms with van der Waals surface area (Å²) in [6.07, 6.45) is 2.64. The summed E-state index contributed by atoms with van der Waals surface area (Å²) in [5, 5.41) is 0. The number of H-pyrrole nitrogens is 1. The van der Waals surface area contributed by atoms with Gasteiger partial charge in [-0.1, -0.05) is 12.1 Å². The average Bonchev–Trinajstić information content (AvgIpc) is 2.85. The van der Waals surface area contributed by atoms with Gasteiger partial charge in [0.1, 0.15) is 5.82 Å². The van der Waals surface area contributed by atoms with Gasteiger partial charge in [0, 0.05) is 6.04 Å². The highest BCUT2D eigenvalue weighted by Gasteiger charge is 2.20. The monoisotopic (exact) mass is 215 g/mol. The van der Waals surface area contributed by atoms with E-state index in [9.17, 15) is 0 Å². The van der Waals surface area contributed by atoms with Gasteiger partial charge in [0.05, 0.1) is 17.6 Å². The summed E-state index contributed by atoms with van der Waals surface area (Å²) in [4.78, 5) is 10.5. The first-order valence-electron chi connectivity index (χ1n) is 6.00. The van der Waals surface area contributed by atoms with E-state index in [1.54, 1.807) is 0 Å². The third kappa shape index (κ3) is 1.71. The second kappa shape index (κ2) is 3.91. The first-order chi connectivity index (χ1) is 7.83. The number of aromatic amines is 1. The van der Waals surface area contributed by atoms with Gasteiger partial charge in [-0.15, -0.1) is 0 Å². The standard InChI is InChI=1S/C13H17N3/c1-10-5-4-8-16(10)9-13-14-11-6-2-3-7-12(11)15-13/h2-3,6-7,10H,4-5,8-9H2,1H3,(H,14,15). The smallest absolute Gasteiger partial charge is 0.121 e. The van der Waals surface area contributed by atoms with Crippen LogP contribution in [0.4, 0.5) is 0 Å². The molecule has 1 saturated heterocycles. The Morgan fingerprint density at radius 3 is 3.06 bits per heavy atom. The van der Waals surface area contributed by atoms with Crippen molar-refractivity contribution in [3.8, 4) is 0 Å². The van der Waals surface area contributed by atoms with Crippen molar-refractivity contribution < 1.29 is 0 Å². The Balaban J connectivity index is 1.83. The zero-order valence-electron chi connectivity index (χ0n) is 9.61. The molecule has 1 fully saturated rings. The summed E-state index contributed by atoms with van der Waals surface area (Å²) in [6.45, 7) is 4.46. The fraction of sp³-hybridized carbons (Fsp3) is 0.462. The summed E-state index contributed by atoms with van der Waals surface area (Å²) < 4.78 is 0. The maximum atomic E-state index is 4.61. The molecule has 3 nitrogen and oxygen atoms in total. The normalized spacial score (nSPS) is 21.9. The van der Waals surface area contributed by atoms with Gasteiger partial charge in [0.25, 0.3) is 0 Å². The molecule has 0 saturated carbocycles. The zero-order chi connectivity index (χ0) is 11.0. The molecule has 0 spiro atoms. The molecule has 0 bridgehead atoms. The van der Waals surface area contributed by atoms with Crippen molar-refractivity contribution in [1.29, 1.82) is 0 Å². The Hall–Kier alpha value is -1.35. The Bertz CT molecular complexity index is 456. The van der Waals surface area contributed by atoms with E-state index in [0.29, 0.717) is 6.04 Å². The van der Waals surface area contributed by atoms with Gasteiger partial charge >= 0.3 is 0 Å². The van der Waals surface area contributed by atoms with E-state index in [2.05, 4.69) is 33.9 Å². The van der Waals surface area contributed by atoms with E-state index in [-0.39, 0.29) is 0 Å². The number of para-hydroxylation sites is 2. The highest BCUT2D eigenvalue weighted by atomic mass is 15.2. The second-order valence-electron chi connectivity index (χ2n) is 4.66. The number of nitrogens with one attached hydrogen (secondary N) is 1. The molecule has 1 aromatic carbocycles. The Labute approximate surface area is 95.5 Å². The maximum absolute atomic E-state index is 4.61. The van der Waals surface area contributed by atoms with Gasteiger partial charge < -0.3 is 4.98 Å². The predicted molar refractivity (Wildman–Crippen MR) is 65.2 cm³/mol. The van der Waals surface area contributed by atoms with Crippen LogP contribution in [0.2, 0.25) is 0 Å². The van der Waals surface area contributed by atoms with Crippen LogP contribution in [-0.4, -0.2) is 27.5 Å². The number of aromatic nitrogens is 2. The van der Waals surface area contributed by atoms with Crippen molar-refractivity contribution in [3.05, 3.63) is 30.1 Å². The van der Waals surface area contributed by atoms with Crippen LogP contribution in [0.5, 0.6) is 0 Å². The Kier molecular flexibility index (Phi) is 2.40. The summed E-state index contributed by atoms with van der Waals surface area (Å²) in [6, 6.07) is 8.92. The summed E-state index contributed by atoms with van der Waals surface area (Å²) in [7, 11) is 0. The number of imidazole rings is 1. The maximum Gasteiger partial charge on any atom is 0.121 e. The third-order valence-corrected chi connectivity index (χ3v) is 3.48. The minimum Gasteiger partial charge on any atom is -0.341 e. The lowest BCUT2D eigenvalue weighted by Gasteiger charge is -2.19. The van der Waals surface area contributed by atoms with E-state index in [0.717, 1.165) is 23.4 Å². The van der Waals surface area contributed by atoms with Crippen LogP contribution in [0.15, 0.2) is 24.3 Å². The lowest BCUT2D eigenvalue weighted by molar-refractivity contribution is 0.255. The SMILES string of the molecule is CC1CCCN1Cc1nc2ccccc2[nH]1. The van der Waals surface area contributed by atoms with Crippen molar-refractivity contribution in [2.24, 2.45) is 0 Å². The molecule has 1 aliphatic heterocycles. The van der Waals surface area contributed by atoms with Crippen LogP contribution in [-0.2, 0) is 6.54 Å². The predicted octanol–water partition coefficient (Wildman–Crippen LogP) is 2.55. The molecule has 0 aliphatic carbocycles. The molecule has 1 aliphatic rings. The van der Waals surface area contributed by atoms with Crippen molar-refractivity contribution in [2.75, 3.05) is 6.54 Å². The van der Waals surface area contributed by atoms with Crippen LogP contribution in [0.3, 0.4) is 0 Å². The van der Waals surface area contributed by atoms with Gasteiger partial charge in [-0.2, -0.15) is 0 Å². The van der Waals surface area contributed by atoms with Gasteiger partial charge in [0.2, 0.25) is 0 Å². The number of nitrogens with zero attached hydrogens (tertiary/aromatic N) is 2. The highest BCUT2D eigenvalue weighted by Crippen LogP contribution is 2.19. The van der Waals surface area contributed by atoms with Crippen molar-refractivity contribution in [3.63, 3.8) is 0 Å². The minimum atomic E-state index is 0.702. The van der Waals surface area contributed by atoms with Gasteiger partial charge in [-0.3, -0.25) is 4.90 Å². The molecule has 0 amide bonds. The number of likely N-dealkylation sites (tertiary alicyclic amines) is 1. The third-order valence-electron chi connectivity index (χ3n) is 3.48. The molecule has 3 heteroatoms. The first-order valence-corrected chi connectivity index (χ1v) is 6.00. The average molecular weight is 215 g/mol. The van der Waals surface area contributed by atoms with Crippen molar-refractivity contribution in [1.82, 2.24) is 14.9 Å². The van der Waals surface area contributed by atoms with E-state index < -0.39 is 0 Å². The molecule has 1 N–H and O–H groups in total. The first kappa shape index (κ1) is 9.85. The number of fused-ring (bicyclic) bond motifs is 1. The Morgan fingerprint density at radius 1 is 1.44 bits per heavy atom. The molecule has 1 unspecified atom stereocenters. The van der Waals surface area contributed by atoms with Crippen LogP contribution in [0.25, 0.3) is 11.0 Å². The summed E-state index contributed by atoms with van der Waals surface area (Å²) >= 11 is 0. The zero-order valence-corrected chi connectivity index (χ0v) is 9.61. The second-order valence-corrected chi connectivity index (χ2v) is 4.66. The fourth-order valence-electron chi connectivity index (χ4n) is 2.50. The fourth-order valence-corrected chi connectivity index (χ4v) is 2.50. The lowest BCUT2D eigenvalue weighted by Crippen LogP contribution is -2.26. The molecule has 2 heterocycles. The molecular weight excluding hydrogens is 198 g/mol. The molecular formula is C13H17N3. The topological polar surface area (TPSA) is 31.9 Å². The molecule has 1 atom stereocenters. The number of benzene rings is 1.